The molecule has 0 amide bonds. The minimum Gasteiger partial charge on any atom is -0.377 e. The van der Waals surface area contributed by atoms with Gasteiger partial charge in [-0.25, -0.2) is 0 Å². The lowest BCUT2D eigenvalue weighted by Crippen LogP contribution is -2.61. The molecule has 0 bridgehead atoms. The quantitative estimate of drug-likeness (QED) is 0.741. The second kappa shape index (κ2) is 4.87. The molecule has 0 N–H and O–H groups in total. The molecule has 2 rings (SSSR count). The molecule has 2 aliphatic heterocycles. The van der Waals surface area contributed by atoms with Crippen LogP contribution in [-0.4, -0.2) is 42.5 Å². The van der Waals surface area contributed by atoms with Gasteiger partial charge in [0.1, 0.15) is 5.72 Å². The number of hydrogen-bond acceptors (Lipinski definition) is 3. The summed E-state index contributed by atoms with van der Waals surface area (Å²) in [6.07, 6.45) is 1.12. The zero-order valence-electron chi connectivity index (χ0n) is 11.9. The molecule has 3 nitrogen and oxygen atoms in total. The smallest absolute Gasteiger partial charge is 0.148 e. The van der Waals surface area contributed by atoms with Crippen molar-refractivity contribution < 1.29 is 9.47 Å². The van der Waals surface area contributed by atoms with Crippen LogP contribution in [0.25, 0.3) is 0 Å². The van der Waals surface area contributed by atoms with E-state index in [-0.39, 0.29) is 5.72 Å². The predicted molar refractivity (Wildman–Crippen MR) is 68.9 cm³/mol. The molecule has 100 valence electrons. The second-order valence-corrected chi connectivity index (χ2v) is 6.20. The summed E-state index contributed by atoms with van der Waals surface area (Å²) in [4.78, 5) is 2.54. The van der Waals surface area contributed by atoms with Crippen molar-refractivity contribution in [1.29, 1.82) is 0 Å². The lowest BCUT2D eigenvalue weighted by molar-refractivity contribution is -0.214. The third-order valence-electron chi connectivity index (χ3n) is 4.31. The summed E-state index contributed by atoms with van der Waals surface area (Å²) >= 11 is 0. The van der Waals surface area contributed by atoms with E-state index in [9.17, 15) is 0 Å². The Hall–Kier alpha value is -0.120. The van der Waals surface area contributed by atoms with E-state index >= 15 is 0 Å². The second-order valence-electron chi connectivity index (χ2n) is 6.20. The van der Waals surface area contributed by atoms with Crippen LogP contribution >= 0.6 is 0 Å². The van der Waals surface area contributed by atoms with Crippen molar-refractivity contribution in [2.24, 2.45) is 11.8 Å². The van der Waals surface area contributed by atoms with E-state index in [0.29, 0.717) is 23.9 Å². The average Bonchev–Trinajstić information content (AvgIpc) is 2.56. The molecule has 0 aromatic heterocycles. The van der Waals surface area contributed by atoms with Crippen molar-refractivity contribution in [3.05, 3.63) is 0 Å². The summed E-state index contributed by atoms with van der Waals surface area (Å²) in [5, 5.41) is 0. The van der Waals surface area contributed by atoms with Crippen LogP contribution in [0.1, 0.15) is 41.0 Å². The molecule has 3 unspecified atom stereocenters. The number of hydrogen-bond donors (Lipinski definition) is 0. The Labute approximate surface area is 105 Å². The molecule has 0 radical (unpaired) electrons. The van der Waals surface area contributed by atoms with Crippen molar-refractivity contribution in [3.63, 3.8) is 0 Å². The monoisotopic (exact) mass is 241 g/mol. The summed E-state index contributed by atoms with van der Waals surface area (Å²) in [7, 11) is 0. The highest BCUT2D eigenvalue weighted by Crippen LogP contribution is 2.43. The molecule has 2 fully saturated rings. The maximum atomic E-state index is 6.24. The lowest BCUT2D eigenvalue weighted by Gasteiger charge is -2.49. The van der Waals surface area contributed by atoms with Gasteiger partial charge >= 0.3 is 0 Å². The minimum atomic E-state index is -0.167. The molecule has 3 heteroatoms. The zero-order valence-corrected chi connectivity index (χ0v) is 11.9. The summed E-state index contributed by atoms with van der Waals surface area (Å²) in [6.45, 7) is 13.9. The first-order valence-electron chi connectivity index (χ1n) is 6.99. The number of ether oxygens (including phenoxy) is 2. The van der Waals surface area contributed by atoms with Crippen LogP contribution < -0.4 is 0 Å². The van der Waals surface area contributed by atoms with E-state index in [2.05, 4.69) is 39.5 Å². The van der Waals surface area contributed by atoms with E-state index in [1.165, 1.54) is 0 Å². The van der Waals surface area contributed by atoms with Gasteiger partial charge in [0, 0.05) is 24.6 Å². The largest absolute Gasteiger partial charge is 0.377 e. The fourth-order valence-electron chi connectivity index (χ4n) is 3.77. The summed E-state index contributed by atoms with van der Waals surface area (Å²) < 4.78 is 12.0. The Morgan fingerprint density at radius 3 is 2.53 bits per heavy atom. The van der Waals surface area contributed by atoms with Crippen LogP contribution in [0, 0.1) is 11.8 Å². The number of rotatable bonds is 2. The van der Waals surface area contributed by atoms with Gasteiger partial charge in [-0.3, -0.25) is 4.90 Å². The van der Waals surface area contributed by atoms with E-state index < -0.39 is 0 Å². The summed E-state index contributed by atoms with van der Waals surface area (Å²) in [6, 6.07) is 1.01. The Kier molecular flexibility index (Phi) is 3.81. The van der Waals surface area contributed by atoms with Crippen molar-refractivity contribution in [2.75, 3.05) is 19.8 Å². The maximum Gasteiger partial charge on any atom is 0.148 e. The molecule has 3 atom stereocenters. The van der Waals surface area contributed by atoms with Crippen LogP contribution in [0.3, 0.4) is 0 Å². The lowest BCUT2D eigenvalue weighted by atomic mass is 9.80. The standard InChI is InChI=1S/C14H27NO2/c1-10(2)13-6-7-16-9-14(13)15(11(3)4)12(5)8-17-14/h10-13H,6-9H2,1-5H3. The summed E-state index contributed by atoms with van der Waals surface area (Å²) in [5.41, 5.74) is -0.167. The zero-order chi connectivity index (χ0) is 12.6. The average molecular weight is 241 g/mol. The SMILES string of the molecule is CC(C)C1CCOCC12OCC(C)N2C(C)C. The minimum absolute atomic E-state index is 0.167. The van der Waals surface area contributed by atoms with E-state index in [4.69, 9.17) is 9.47 Å². The highest BCUT2D eigenvalue weighted by Gasteiger charge is 2.54. The predicted octanol–water partition coefficient (Wildman–Crippen LogP) is 2.50. The van der Waals surface area contributed by atoms with Gasteiger partial charge in [0.15, 0.2) is 0 Å². The van der Waals surface area contributed by atoms with Gasteiger partial charge in [-0.05, 0) is 33.1 Å². The Balaban J connectivity index is 2.30. The van der Waals surface area contributed by atoms with Crippen LogP contribution in [0.2, 0.25) is 0 Å². The molecule has 0 aliphatic carbocycles. The highest BCUT2D eigenvalue weighted by molar-refractivity contribution is 4.99. The molecule has 17 heavy (non-hydrogen) atoms. The topological polar surface area (TPSA) is 21.7 Å². The number of nitrogens with zero attached hydrogens (tertiary/aromatic N) is 1. The molecule has 0 aromatic rings. The van der Waals surface area contributed by atoms with Crippen LogP contribution in [0.15, 0.2) is 0 Å². The molecule has 0 aromatic carbocycles. The third-order valence-corrected chi connectivity index (χ3v) is 4.31. The van der Waals surface area contributed by atoms with Crippen molar-refractivity contribution in [3.8, 4) is 0 Å². The molecule has 0 saturated carbocycles. The molecule has 1 spiro atoms. The van der Waals surface area contributed by atoms with E-state index in [0.717, 1.165) is 26.2 Å². The first-order valence-corrected chi connectivity index (χ1v) is 6.99. The normalized spacial score (nSPS) is 39.7. The molecular weight excluding hydrogens is 214 g/mol. The highest BCUT2D eigenvalue weighted by atomic mass is 16.6. The Morgan fingerprint density at radius 2 is 1.94 bits per heavy atom. The van der Waals surface area contributed by atoms with Gasteiger partial charge in [0.2, 0.25) is 0 Å². The van der Waals surface area contributed by atoms with Gasteiger partial charge in [-0.15, -0.1) is 0 Å². The fraction of sp³-hybridized carbons (Fsp3) is 1.00. The third kappa shape index (κ3) is 2.13. The fourth-order valence-corrected chi connectivity index (χ4v) is 3.77. The molecular formula is C14H27NO2. The van der Waals surface area contributed by atoms with Gasteiger partial charge in [0.05, 0.1) is 13.2 Å². The van der Waals surface area contributed by atoms with E-state index in [1.54, 1.807) is 0 Å². The molecule has 2 heterocycles. The van der Waals surface area contributed by atoms with Gasteiger partial charge in [0.25, 0.3) is 0 Å². The maximum absolute atomic E-state index is 6.24. The molecule has 2 saturated heterocycles. The van der Waals surface area contributed by atoms with Crippen molar-refractivity contribution in [1.82, 2.24) is 4.90 Å². The van der Waals surface area contributed by atoms with Gasteiger partial charge in [-0.2, -0.15) is 0 Å². The first-order chi connectivity index (χ1) is 7.99. The van der Waals surface area contributed by atoms with E-state index in [1.807, 2.05) is 0 Å². The Bertz CT molecular complexity index is 263. The van der Waals surface area contributed by atoms with Gasteiger partial charge in [-0.1, -0.05) is 13.8 Å². The molecule has 2 aliphatic rings. The van der Waals surface area contributed by atoms with Crippen LogP contribution in [0.5, 0.6) is 0 Å². The van der Waals surface area contributed by atoms with Crippen LogP contribution in [-0.2, 0) is 9.47 Å². The Morgan fingerprint density at radius 1 is 1.24 bits per heavy atom. The van der Waals surface area contributed by atoms with Crippen molar-refractivity contribution in [2.45, 2.75) is 58.8 Å². The van der Waals surface area contributed by atoms with Crippen molar-refractivity contribution >= 4 is 0 Å². The summed E-state index contributed by atoms with van der Waals surface area (Å²) in [5.74, 6) is 1.23. The van der Waals surface area contributed by atoms with Crippen LogP contribution in [0.4, 0.5) is 0 Å². The van der Waals surface area contributed by atoms with Gasteiger partial charge < -0.3 is 9.47 Å². The first kappa shape index (κ1) is 13.3.